The Labute approximate surface area is 146 Å². The molecule has 120 valence electrons. The van der Waals surface area contributed by atoms with Gasteiger partial charge in [0.05, 0.1) is 5.56 Å². The Balaban J connectivity index is 1.71. The fraction of sp³-hybridized carbons (Fsp3) is 0.294. The molecule has 0 atom stereocenters. The lowest BCUT2D eigenvalue weighted by Crippen LogP contribution is -2.37. The quantitative estimate of drug-likeness (QED) is 0.848. The van der Waals surface area contributed by atoms with Crippen LogP contribution in [0.25, 0.3) is 0 Å². The predicted molar refractivity (Wildman–Crippen MR) is 93.3 cm³/mol. The minimum atomic E-state index is -1.03. The van der Waals surface area contributed by atoms with Gasteiger partial charge in [0.2, 0.25) is 0 Å². The summed E-state index contributed by atoms with van der Waals surface area (Å²) >= 11 is 4.98. The maximum absolute atomic E-state index is 12.6. The molecule has 1 aliphatic heterocycles. The Kier molecular flexibility index (Phi) is 4.82. The molecule has 1 amide bonds. The van der Waals surface area contributed by atoms with Crippen molar-refractivity contribution in [1.82, 2.24) is 4.90 Å². The Morgan fingerprint density at radius 3 is 2.48 bits per heavy atom. The van der Waals surface area contributed by atoms with Crippen LogP contribution in [0.3, 0.4) is 0 Å². The number of halogens is 1. The minimum Gasteiger partial charge on any atom is -0.478 e. The number of amides is 1. The maximum Gasteiger partial charge on any atom is 0.335 e. The first kappa shape index (κ1) is 16.2. The number of carbonyl (C=O) groups is 2. The second-order valence-electron chi connectivity index (χ2n) is 5.66. The highest BCUT2D eigenvalue weighted by Gasteiger charge is 2.25. The largest absolute Gasteiger partial charge is 0.478 e. The zero-order valence-corrected chi connectivity index (χ0v) is 14.8. The van der Waals surface area contributed by atoms with Crippen LogP contribution in [0.4, 0.5) is 0 Å². The van der Waals surface area contributed by atoms with Crippen LogP contribution in [0.5, 0.6) is 0 Å². The lowest BCUT2D eigenvalue weighted by molar-refractivity contribution is 0.0696. The molecule has 0 unspecified atom stereocenters. The molecule has 0 saturated carbocycles. The summed E-state index contributed by atoms with van der Waals surface area (Å²) in [6.07, 6.45) is 1.89. The van der Waals surface area contributed by atoms with Crippen molar-refractivity contribution in [3.8, 4) is 0 Å². The highest BCUT2D eigenvalue weighted by Crippen LogP contribution is 2.30. The lowest BCUT2D eigenvalue weighted by Gasteiger charge is -2.32. The van der Waals surface area contributed by atoms with E-state index in [-0.39, 0.29) is 11.5 Å². The molecule has 23 heavy (non-hydrogen) atoms. The molecule has 6 heteroatoms. The Hall–Kier alpha value is -1.66. The molecule has 2 heterocycles. The SMILES string of the molecule is O=C(O)c1cc(Br)cc(C(=O)N2CCC(c3ccsc3)CC2)c1. The first-order valence-electron chi connectivity index (χ1n) is 7.40. The number of carboxylic acids is 1. The highest BCUT2D eigenvalue weighted by molar-refractivity contribution is 9.10. The molecule has 3 rings (SSSR count). The van der Waals surface area contributed by atoms with Gasteiger partial charge in [-0.1, -0.05) is 15.9 Å². The van der Waals surface area contributed by atoms with Gasteiger partial charge in [-0.15, -0.1) is 0 Å². The Morgan fingerprint density at radius 2 is 1.87 bits per heavy atom. The molecular weight excluding hydrogens is 378 g/mol. The summed E-state index contributed by atoms with van der Waals surface area (Å²) in [5.41, 5.74) is 1.90. The van der Waals surface area contributed by atoms with Crippen LogP contribution < -0.4 is 0 Å². The highest BCUT2D eigenvalue weighted by atomic mass is 79.9. The van der Waals surface area contributed by atoms with E-state index in [1.54, 1.807) is 17.4 Å². The van der Waals surface area contributed by atoms with E-state index in [1.807, 2.05) is 4.90 Å². The second-order valence-corrected chi connectivity index (χ2v) is 7.35. The number of aromatic carboxylic acids is 1. The second kappa shape index (κ2) is 6.84. The topological polar surface area (TPSA) is 57.6 Å². The number of hydrogen-bond donors (Lipinski definition) is 1. The van der Waals surface area contributed by atoms with Crippen LogP contribution in [-0.4, -0.2) is 35.0 Å². The monoisotopic (exact) mass is 393 g/mol. The molecule has 1 fully saturated rings. The average molecular weight is 394 g/mol. The number of carboxylic acid groups (broad SMARTS) is 1. The maximum atomic E-state index is 12.6. The molecular formula is C17H16BrNO3S. The molecule has 0 radical (unpaired) electrons. The van der Waals surface area contributed by atoms with Gasteiger partial charge in [0.25, 0.3) is 5.91 Å². The lowest BCUT2D eigenvalue weighted by atomic mass is 9.91. The van der Waals surface area contributed by atoms with Crippen LogP contribution in [0.1, 0.15) is 45.0 Å². The molecule has 0 bridgehead atoms. The molecule has 1 aromatic carbocycles. The first-order chi connectivity index (χ1) is 11.0. The van der Waals surface area contributed by atoms with Gasteiger partial charge in [-0.3, -0.25) is 4.79 Å². The van der Waals surface area contributed by atoms with Gasteiger partial charge >= 0.3 is 5.97 Å². The fourth-order valence-corrected chi connectivity index (χ4v) is 4.18. The third-order valence-electron chi connectivity index (χ3n) is 4.19. The normalized spacial score (nSPS) is 15.6. The molecule has 4 nitrogen and oxygen atoms in total. The standard InChI is InChI=1S/C17H16BrNO3S/c18-15-8-13(7-14(9-15)17(21)22)16(20)19-4-1-11(2-5-19)12-3-6-23-10-12/h3,6-11H,1-2,4-5H2,(H,21,22). The zero-order chi connectivity index (χ0) is 16.4. The number of nitrogens with zero attached hydrogens (tertiary/aromatic N) is 1. The number of benzene rings is 1. The van der Waals surface area contributed by atoms with Gasteiger partial charge < -0.3 is 10.0 Å². The molecule has 1 saturated heterocycles. The average Bonchev–Trinajstić information content (AvgIpc) is 3.08. The number of piperidine rings is 1. The number of rotatable bonds is 3. The predicted octanol–water partition coefficient (Wildman–Crippen LogP) is 4.23. The summed E-state index contributed by atoms with van der Waals surface area (Å²) in [5.74, 6) is -0.614. The van der Waals surface area contributed by atoms with Crippen molar-refractivity contribution in [2.75, 3.05) is 13.1 Å². The number of carbonyl (C=O) groups excluding carboxylic acids is 1. The van der Waals surface area contributed by atoms with Crippen LogP contribution in [-0.2, 0) is 0 Å². The molecule has 2 aromatic rings. The number of likely N-dealkylation sites (tertiary alicyclic amines) is 1. The van der Waals surface area contributed by atoms with Crippen molar-refractivity contribution in [2.24, 2.45) is 0 Å². The van der Waals surface area contributed by atoms with Gasteiger partial charge in [-0.2, -0.15) is 11.3 Å². The molecule has 1 aromatic heterocycles. The summed E-state index contributed by atoms with van der Waals surface area (Å²) in [4.78, 5) is 25.6. The molecule has 0 aliphatic carbocycles. The van der Waals surface area contributed by atoms with Gasteiger partial charge in [0, 0.05) is 23.1 Å². The van der Waals surface area contributed by atoms with Gasteiger partial charge in [0.15, 0.2) is 0 Å². The van der Waals surface area contributed by atoms with E-state index in [4.69, 9.17) is 5.11 Å². The van der Waals surface area contributed by atoms with E-state index in [0.717, 1.165) is 12.8 Å². The summed E-state index contributed by atoms with van der Waals surface area (Å²) < 4.78 is 0.605. The molecule has 1 aliphatic rings. The summed E-state index contributed by atoms with van der Waals surface area (Å²) in [7, 11) is 0. The van der Waals surface area contributed by atoms with Gasteiger partial charge in [-0.25, -0.2) is 4.79 Å². The Bertz CT molecular complexity index is 721. The number of hydrogen-bond acceptors (Lipinski definition) is 3. The van der Waals surface area contributed by atoms with Crippen molar-refractivity contribution in [3.63, 3.8) is 0 Å². The molecule has 0 spiro atoms. The summed E-state index contributed by atoms with van der Waals surface area (Å²) in [6.45, 7) is 1.41. The van der Waals surface area contributed by atoms with Crippen LogP contribution in [0.15, 0.2) is 39.5 Å². The third kappa shape index (κ3) is 3.64. The van der Waals surface area contributed by atoms with Crippen molar-refractivity contribution in [3.05, 3.63) is 56.2 Å². The van der Waals surface area contributed by atoms with Crippen molar-refractivity contribution < 1.29 is 14.7 Å². The van der Waals surface area contributed by atoms with Gasteiger partial charge in [0.1, 0.15) is 0 Å². The van der Waals surface area contributed by atoms with Crippen molar-refractivity contribution >= 4 is 39.1 Å². The number of thiophene rings is 1. The van der Waals surface area contributed by atoms with Crippen LogP contribution >= 0.6 is 27.3 Å². The fourth-order valence-electron chi connectivity index (χ4n) is 2.94. The van der Waals surface area contributed by atoms with Gasteiger partial charge in [-0.05, 0) is 59.3 Å². The van der Waals surface area contributed by atoms with E-state index in [0.29, 0.717) is 29.0 Å². The van der Waals surface area contributed by atoms with Crippen LogP contribution in [0, 0.1) is 0 Å². The van der Waals surface area contributed by atoms with E-state index in [9.17, 15) is 9.59 Å². The minimum absolute atomic E-state index is 0.0995. The summed E-state index contributed by atoms with van der Waals surface area (Å²) in [5, 5.41) is 13.4. The van der Waals surface area contributed by atoms with Crippen molar-refractivity contribution in [1.29, 1.82) is 0 Å². The zero-order valence-electron chi connectivity index (χ0n) is 12.4. The van der Waals surface area contributed by atoms with E-state index in [1.165, 1.54) is 17.7 Å². The van der Waals surface area contributed by atoms with Crippen molar-refractivity contribution in [2.45, 2.75) is 18.8 Å². The summed E-state index contributed by atoms with van der Waals surface area (Å²) in [6, 6.07) is 6.78. The van der Waals surface area contributed by atoms with E-state index >= 15 is 0 Å². The van der Waals surface area contributed by atoms with E-state index in [2.05, 4.69) is 32.8 Å². The smallest absolute Gasteiger partial charge is 0.335 e. The Morgan fingerprint density at radius 1 is 1.17 bits per heavy atom. The van der Waals surface area contributed by atoms with E-state index < -0.39 is 5.97 Å². The third-order valence-corrected chi connectivity index (χ3v) is 5.35. The molecule has 1 N–H and O–H groups in total. The van der Waals surface area contributed by atoms with Crippen LogP contribution in [0.2, 0.25) is 0 Å². The first-order valence-corrected chi connectivity index (χ1v) is 9.13.